The second kappa shape index (κ2) is 6.56. The van der Waals surface area contributed by atoms with E-state index in [2.05, 4.69) is 10.3 Å². The molecule has 0 spiro atoms. The van der Waals surface area contributed by atoms with Crippen molar-refractivity contribution in [2.24, 2.45) is 0 Å². The molecule has 0 saturated heterocycles. The maximum absolute atomic E-state index is 12.5. The highest BCUT2D eigenvalue weighted by atomic mass is 32.2. The fourth-order valence-electron chi connectivity index (χ4n) is 2.11. The summed E-state index contributed by atoms with van der Waals surface area (Å²) >= 11 is 0. The zero-order valence-electron chi connectivity index (χ0n) is 14.7. The standard InChI is InChI=1S/C15H24N4O4S/c1-6-15(2,3)17-13(20)11-9-12-14(16-10-11)23-8-7-19(12)24(21,22)18(4)5/h9-10H,6-8H2,1-5H3,(H,17,20). The van der Waals surface area contributed by atoms with Gasteiger partial charge in [0.1, 0.15) is 12.3 Å². The Morgan fingerprint density at radius 2 is 2.12 bits per heavy atom. The Morgan fingerprint density at radius 3 is 2.71 bits per heavy atom. The number of nitrogens with zero attached hydrogens (tertiary/aromatic N) is 3. The van der Waals surface area contributed by atoms with Gasteiger partial charge in [-0.1, -0.05) is 6.92 Å². The van der Waals surface area contributed by atoms with Crippen molar-refractivity contribution in [1.29, 1.82) is 0 Å². The summed E-state index contributed by atoms with van der Waals surface area (Å²) in [5.74, 6) is -0.0945. The summed E-state index contributed by atoms with van der Waals surface area (Å²) in [6.45, 7) is 6.19. The Balaban J connectivity index is 2.40. The van der Waals surface area contributed by atoms with Crippen LogP contribution >= 0.6 is 0 Å². The molecule has 1 aromatic rings. The Labute approximate surface area is 143 Å². The predicted octanol–water partition coefficient (Wildman–Crippen LogP) is 1.01. The van der Waals surface area contributed by atoms with Gasteiger partial charge in [-0.3, -0.25) is 4.79 Å². The van der Waals surface area contributed by atoms with Crippen LogP contribution in [-0.2, 0) is 10.2 Å². The quantitative estimate of drug-likeness (QED) is 0.850. The monoisotopic (exact) mass is 356 g/mol. The minimum absolute atomic E-state index is 0.167. The third-order valence-electron chi connectivity index (χ3n) is 3.97. The second-order valence-corrected chi connectivity index (χ2v) is 8.52. The van der Waals surface area contributed by atoms with E-state index in [0.29, 0.717) is 5.56 Å². The van der Waals surface area contributed by atoms with E-state index in [-0.39, 0.29) is 36.2 Å². The maximum Gasteiger partial charge on any atom is 0.303 e. The van der Waals surface area contributed by atoms with Gasteiger partial charge in [-0.15, -0.1) is 0 Å². The number of amides is 1. The van der Waals surface area contributed by atoms with Gasteiger partial charge in [0.25, 0.3) is 5.91 Å². The van der Waals surface area contributed by atoms with Crippen molar-refractivity contribution in [3.05, 3.63) is 17.8 Å². The number of carbonyl (C=O) groups excluding carboxylic acids is 1. The first kappa shape index (κ1) is 18.5. The average molecular weight is 356 g/mol. The van der Waals surface area contributed by atoms with Crippen LogP contribution < -0.4 is 14.4 Å². The lowest BCUT2D eigenvalue weighted by Gasteiger charge is -2.32. The average Bonchev–Trinajstić information content (AvgIpc) is 2.53. The van der Waals surface area contributed by atoms with E-state index in [1.807, 2.05) is 20.8 Å². The number of pyridine rings is 1. The molecule has 0 bridgehead atoms. The van der Waals surface area contributed by atoms with Crippen molar-refractivity contribution in [1.82, 2.24) is 14.6 Å². The van der Waals surface area contributed by atoms with Gasteiger partial charge in [0.15, 0.2) is 0 Å². The number of carbonyl (C=O) groups is 1. The SMILES string of the molecule is CCC(C)(C)NC(=O)c1cnc2c(c1)N(S(=O)(=O)N(C)C)CCO2. The van der Waals surface area contributed by atoms with Gasteiger partial charge in [-0.25, -0.2) is 9.29 Å². The van der Waals surface area contributed by atoms with E-state index in [1.165, 1.54) is 30.7 Å². The Bertz CT molecular complexity index is 731. The van der Waals surface area contributed by atoms with Gasteiger partial charge in [-0.2, -0.15) is 12.7 Å². The minimum Gasteiger partial charge on any atom is -0.474 e. The lowest BCUT2D eigenvalue weighted by Crippen LogP contribution is -2.45. The van der Waals surface area contributed by atoms with E-state index < -0.39 is 10.2 Å². The molecule has 1 aliphatic rings. The van der Waals surface area contributed by atoms with Crippen molar-refractivity contribution < 1.29 is 17.9 Å². The number of rotatable bonds is 5. The van der Waals surface area contributed by atoms with Crippen LogP contribution in [0.15, 0.2) is 12.3 Å². The van der Waals surface area contributed by atoms with Gasteiger partial charge in [-0.05, 0) is 26.3 Å². The molecule has 8 nitrogen and oxygen atoms in total. The predicted molar refractivity (Wildman–Crippen MR) is 91.5 cm³/mol. The Morgan fingerprint density at radius 1 is 1.46 bits per heavy atom. The van der Waals surface area contributed by atoms with E-state index in [0.717, 1.165) is 10.7 Å². The summed E-state index contributed by atoms with van der Waals surface area (Å²) in [6, 6.07) is 1.50. The molecule has 24 heavy (non-hydrogen) atoms. The zero-order chi connectivity index (χ0) is 18.1. The molecule has 0 fully saturated rings. The van der Waals surface area contributed by atoms with Gasteiger partial charge in [0.2, 0.25) is 5.88 Å². The summed E-state index contributed by atoms with van der Waals surface area (Å²) in [7, 11) is -0.767. The highest BCUT2D eigenvalue weighted by Crippen LogP contribution is 2.32. The molecule has 0 radical (unpaired) electrons. The van der Waals surface area contributed by atoms with Crippen molar-refractivity contribution in [3.63, 3.8) is 0 Å². The summed E-state index contributed by atoms with van der Waals surface area (Å²) in [6.07, 6.45) is 2.16. The maximum atomic E-state index is 12.5. The van der Waals surface area contributed by atoms with Crippen LogP contribution in [0.25, 0.3) is 0 Å². The first-order valence-corrected chi connectivity index (χ1v) is 9.14. The van der Waals surface area contributed by atoms with Crippen molar-refractivity contribution in [3.8, 4) is 5.88 Å². The fraction of sp³-hybridized carbons (Fsp3) is 0.600. The number of nitrogens with one attached hydrogen (secondary N) is 1. The molecule has 0 saturated carbocycles. The fourth-order valence-corrected chi connectivity index (χ4v) is 3.18. The van der Waals surface area contributed by atoms with E-state index in [4.69, 9.17) is 4.74 Å². The molecule has 1 aliphatic heterocycles. The molecule has 134 valence electrons. The second-order valence-electron chi connectivity index (χ2n) is 6.45. The molecule has 1 aromatic heterocycles. The van der Waals surface area contributed by atoms with Crippen molar-refractivity contribution in [2.45, 2.75) is 32.7 Å². The summed E-state index contributed by atoms with van der Waals surface area (Å²) < 4.78 is 32.7. The van der Waals surface area contributed by atoms with Crippen LogP contribution in [0.4, 0.5) is 5.69 Å². The van der Waals surface area contributed by atoms with Gasteiger partial charge < -0.3 is 10.1 Å². The molecule has 0 unspecified atom stereocenters. The number of ether oxygens (including phenoxy) is 1. The summed E-state index contributed by atoms with van der Waals surface area (Å²) in [5.41, 5.74) is 0.204. The molecule has 0 atom stereocenters. The highest BCUT2D eigenvalue weighted by Gasteiger charge is 2.32. The molecule has 2 heterocycles. The largest absolute Gasteiger partial charge is 0.474 e. The molecule has 2 rings (SSSR count). The van der Waals surface area contributed by atoms with Gasteiger partial charge in [0, 0.05) is 25.8 Å². The lowest BCUT2D eigenvalue weighted by molar-refractivity contribution is 0.0910. The van der Waals surface area contributed by atoms with Crippen LogP contribution in [-0.4, -0.2) is 56.4 Å². The van der Waals surface area contributed by atoms with Crippen LogP contribution in [0.1, 0.15) is 37.6 Å². The van der Waals surface area contributed by atoms with Crippen LogP contribution in [0.2, 0.25) is 0 Å². The molecule has 9 heteroatoms. The number of fused-ring (bicyclic) bond motifs is 1. The third-order valence-corrected chi connectivity index (χ3v) is 5.83. The first-order valence-electron chi connectivity index (χ1n) is 7.74. The van der Waals surface area contributed by atoms with Gasteiger partial charge >= 0.3 is 10.2 Å². The van der Waals surface area contributed by atoms with E-state index in [1.54, 1.807) is 0 Å². The number of hydrogen-bond donors (Lipinski definition) is 1. The number of anilines is 1. The lowest BCUT2D eigenvalue weighted by atomic mass is 10.0. The first-order chi connectivity index (χ1) is 11.1. The molecular formula is C15H24N4O4S. The molecule has 1 N–H and O–H groups in total. The van der Waals surface area contributed by atoms with Gasteiger partial charge in [0.05, 0.1) is 12.1 Å². The van der Waals surface area contributed by atoms with Crippen molar-refractivity contribution in [2.75, 3.05) is 31.6 Å². The van der Waals surface area contributed by atoms with Crippen LogP contribution in [0.5, 0.6) is 5.88 Å². The Kier molecular flexibility index (Phi) is 5.05. The molecule has 1 amide bonds. The third kappa shape index (κ3) is 3.62. The number of aromatic nitrogens is 1. The van der Waals surface area contributed by atoms with Crippen LogP contribution in [0.3, 0.4) is 0 Å². The van der Waals surface area contributed by atoms with E-state index >= 15 is 0 Å². The zero-order valence-corrected chi connectivity index (χ0v) is 15.5. The van der Waals surface area contributed by atoms with Crippen LogP contribution in [0, 0.1) is 0 Å². The molecule has 0 aromatic carbocycles. The molecular weight excluding hydrogens is 332 g/mol. The van der Waals surface area contributed by atoms with E-state index in [9.17, 15) is 13.2 Å². The smallest absolute Gasteiger partial charge is 0.303 e. The highest BCUT2D eigenvalue weighted by molar-refractivity contribution is 7.90. The minimum atomic E-state index is -3.68. The Hall–Kier alpha value is -1.87. The summed E-state index contributed by atoms with van der Waals surface area (Å²) in [5, 5.41) is 2.91. The molecule has 0 aliphatic carbocycles. The normalized spacial score (nSPS) is 15.0. The summed E-state index contributed by atoms with van der Waals surface area (Å²) in [4.78, 5) is 16.5. The van der Waals surface area contributed by atoms with Crippen molar-refractivity contribution >= 4 is 21.8 Å². The number of hydrogen-bond acceptors (Lipinski definition) is 5. The topological polar surface area (TPSA) is 91.8 Å².